The zero-order chi connectivity index (χ0) is 23.0. The molecule has 0 aliphatic heterocycles. The summed E-state index contributed by atoms with van der Waals surface area (Å²) >= 11 is 0. The lowest BCUT2D eigenvalue weighted by atomic mass is 9.53. The highest BCUT2D eigenvalue weighted by Gasteiger charge is 2.52. The zero-order valence-electron chi connectivity index (χ0n) is 18.4. The first-order valence-corrected chi connectivity index (χ1v) is 11.7. The van der Waals surface area contributed by atoms with E-state index < -0.39 is 30.4 Å². The van der Waals surface area contributed by atoms with Crippen LogP contribution < -0.4 is 10.6 Å². The molecular formula is C24H29N5O4. The SMILES string of the molecule is O=C(O)CNC(=O)[C@H](Cc1ccccc1)NC(=O)c1cn(C23CC4CC(CC(C4)C2)C3)nn1. The lowest BCUT2D eigenvalue weighted by Gasteiger charge is -2.56. The molecular weight excluding hydrogens is 422 g/mol. The van der Waals surface area contributed by atoms with E-state index in [9.17, 15) is 14.4 Å². The van der Waals surface area contributed by atoms with Crippen molar-refractivity contribution in [2.45, 2.75) is 56.5 Å². The number of benzene rings is 1. The minimum absolute atomic E-state index is 0.0391. The fraction of sp³-hybridized carbons (Fsp3) is 0.542. The summed E-state index contributed by atoms with van der Waals surface area (Å²) in [6.45, 7) is -0.512. The van der Waals surface area contributed by atoms with E-state index in [4.69, 9.17) is 5.11 Å². The van der Waals surface area contributed by atoms with Gasteiger partial charge in [-0.25, -0.2) is 4.68 Å². The zero-order valence-corrected chi connectivity index (χ0v) is 18.4. The molecule has 9 heteroatoms. The number of aliphatic carboxylic acids is 1. The van der Waals surface area contributed by atoms with Gasteiger partial charge in [-0.2, -0.15) is 0 Å². The average molecular weight is 452 g/mol. The van der Waals surface area contributed by atoms with Crippen LogP contribution in [-0.4, -0.2) is 50.5 Å². The normalized spacial score (nSPS) is 28.3. The predicted octanol–water partition coefficient (Wildman–Crippen LogP) is 1.75. The highest BCUT2D eigenvalue weighted by Crippen LogP contribution is 2.58. The molecule has 6 rings (SSSR count). The van der Waals surface area contributed by atoms with E-state index in [2.05, 4.69) is 20.9 Å². The maximum atomic E-state index is 13.0. The Kier molecular flexibility index (Phi) is 5.64. The summed E-state index contributed by atoms with van der Waals surface area (Å²) in [5, 5.41) is 22.5. The van der Waals surface area contributed by atoms with Crippen molar-refractivity contribution in [1.82, 2.24) is 25.6 Å². The van der Waals surface area contributed by atoms with E-state index in [1.165, 1.54) is 19.3 Å². The molecule has 1 atom stereocenters. The summed E-state index contributed by atoms with van der Waals surface area (Å²) in [4.78, 5) is 36.5. The number of carbonyl (C=O) groups is 3. The fourth-order valence-electron chi connectivity index (χ4n) is 6.52. The monoisotopic (exact) mass is 451 g/mol. The van der Waals surface area contributed by atoms with Gasteiger partial charge in [-0.1, -0.05) is 35.5 Å². The Morgan fingerprint density at radius 2 is 1.70 bits per heavy atom. The molecule has 4 fully saturated rings. The molecule has 4 saturated carbocycles. The molecule has 1 heterocycles. The van der Waals surface area contributed by atoms with Crippen molar-refractivity contribution in [3.8, 4) is 0 Å². The van der Waals surface area contributed by atoms with Gasteiger partial charge in [0.05, 0.1) is 11.7 Å². The number of nitrogens with zero attached hydrogens (tertiary/aromatic N) is 3. The van der Waals surface area contributed by atoms with Gasteiger partial charge in [0.25, 0.3) is 5.91 Å². The highest BCUT2D eigenvalue weighted by molar-refractivity contribution is 5.96. The van der Waals surface area contributed by atoms with Crippen LogP contribution in [0.4, 0.5) is 0 Å². The summed E-state index contributed by atoms with van der Waals surface area (Å²) in [7, 11) is 0. The van der Waals surface area contributed by atoms with E-state index in [1.807, 2.05) is 35.0 Å². The number of carboxylic acids is 1. The second kappa shape index (κ2) is 8.61. The van der Waals surface area contributed by atoms with Crippen LogP contribution in [0.25, 0.3) is 0 Å². The van der Waals surface area contributed by atoms with Gasteiger partial charge in [0.15, 0.2) is 5.69 Å². The van der Waals surface area contributed by atoms with E-state index >= 15 is 0 Å². The summed E-state index contributed by atoms with van der Waals surface area (Å²) in [6, 6.07) is 8.34. The number of nitrogens with one attached hydrogen (secondary N) is 2. The predicted molar refractivity (Wildman–Crippen MR) is 118 cm³/mol. The molecule has 0 unspecified atom stereocenters. The summed E-state index contributed by atoms with van der Waals surface area (Å²) in [5.41, 5.74) is 0.989. The van der Waals surface area contributed by atoms with Crippen LogP contribution in [0.3, 0.4) is 0 Å². The van der Waals surface area contributed by atoms with Crippen LogP contribution in [0, 0.1) is 17.8 Å². The topological polar surface area (TPSA) is 126 Å². The van der Waals surface area contributed by atoms with E-state index in [-0.39, 0.29) is 17.7 Å². The van der Waals surface area contributed by atoms with Gasteiger partial charge < -0.3 is 15.7 Å². The number of hydrogen-bond acceptors (Lipinski definition) is 5. The molecule has 0 saturated heterocycles. The van der Waals surface area contributed by atoms with Crippen LogP contribution in [0.5, 0.6) is 0 Å². The first kappa shape index (κ1) is 21.6. The third kappa shape index (κ3) is 4.49. The molecule has 1 aromatic carbocycles. The van der Waals surface area contributed by atoms with Crippen molar-refractivity contribution in [2.75, 3.05) is 6.54 Å². The number of rotatable bonds is 8. The first-order chi connectivity index (χ1) is 15.9. The largest absolute Gasteiger partial charge is 0.480 e. The van der Waals surface area contributed by atoms with E-state index in [1.54, 1.807) is 6.20 Å². The van der Waals surface area contributed by atoms with Crippen molar-refractivity contribution in [1.29, 1.82) is 0 Å². The number of hydrogen-bond donors (Lipinski definition) is 3. The van der Waals surface area contributed by atoms with Gasteiger partial charge in [-0.15, -0.1) is 5.10 Å². The summed E-state index contributed by atoms with van der Waals surface area (Å²) in [6.07, 6.45) is 9.18. The second-order valence-electron chi connectivity index (χ2n) is 10.0. The van der Waals surface area contributed by atoms with Gasteiger partial charge in [-0.3, -0.25) is 14.4 Å². The molecule has 3 N–H and O–H groups in total. The van der Waals surface area contributed by atoms with Crippen LogP contribution >= 0.6 is 0 Å². The van der Waals surface area contributed by atoms with Gasteiger partial charge in [0, 0.05) is 6.42 Å². The van der Waals surface area contributed by atoms with Crippen LogP contribution in [-0.2, 0) is 21.5 Å². The Bertz CT molecular complexity index is 1010. The molecule has 4 aliphatic rings. The molecule has 4 aliphatic carbocycles. The molecule has 174 valence electrons. The van der Waals surface area contributed by atoms with Crippen LogP contribution in [0.15, 0.2) is 36.5 Å². The molecule has 9 nitrogen and oxygen atoms in total. The Balaban J connectivity index is 1.31. The maximum absolute atomic E-state index is 13.0. The highest BCUT2D eigenvalue weighted by atomic mass is 16.4. The maximum Gasteiger partial charge on any atom is 0.322 e. The molecule has 4 bridgehead atoms. The van der Waals surface area contributed by atoms with Crippen molar-refractivity contribution >= 4 is 17.8 Å². The van der Waals surface area contributed by atoms with Crippen LogP contribution in [0.1, 0.15) is 54.6 Å². The summed E-state index contributed by atoms with van der Waals surface area (Å²) in [5.74, 6) is 0.0369. The molecule has 2 amide bonds. The Morgan fingerprint density at radius 1 is 1.06 bits per heavy atom. The second-order valence-corrected chi connectivity index (χ2v) is 10.0. The van der Waals surface area contributed by atoms with Gasteiger partial charge in [-0.05, 0) is 61.8 Å². The van der Waals surface area contributed by atoms with Crippen molar-refractivity contribution < 1.29 is 19.5 Å². The van der Waals surface area contributed by atoms with Crippen LogP contribution in [0.2, 0.25) is 0 Å². The van der Waals surface area contributed by atoms with Gasteiger partial charge >= 0.3 is 5.97 Å². The lowest BCUT2D eigenvalue weighted by molar-refractivity contribution is -0.138. The van der Waals surface area contributed by atoms with E-state index in [0.717, 1.165) is 42.6 Å². The first-order valence-electron chi connectivity index (χ1n) is 11.7. The Morgan fingerprint density at radius 3 is 2.30 bits per heavy atom. The summed E-state index contributed by atoms with van der Waals surface area (Å²) < 4.78 is 1.91. The smallest absolute Gasteiger partial charge is 0.322 e. The molecule has 0 spiro atoms. The standard InChI is InChI=1S/C24H29N5O4/c30-21(31)13-25-22(32)19(9-15-4-2-1-3-5-15)26-23(33)20-14-29(28-27-20)24-10-16-6-17(11-24)8-18(7-16)12-24/h1-5,14,16-19H,6-13H2,(H,25,32)(H,26,33)(H,30,31)/t16?,17?,18?,19-,24?/m0/s1. The number of amides is 2. The van der Waals surface area contributed by atoms with Crippen molar-refractivity contribution in [3.63, 3.8) is 0 Å². The molecule has 2 aromatic rings. The number of carbonyl (C=O) groups excluding carboxylic acids is 2. The molecule has 1 aromatic heterocycles. The third-order valence-corrected chi connectivity index (χ3v) is 7.54. The fourth-order valence-corrected chi connectivity index (χ4v) is 6.52. The Hall–Kier alpha value is -3.23. The number of carboxylic acid groups (broad SMARTS) is 1. The van der Waals surface area contributed by atoms with Gasteiger partial charge in [0.1, 0.15) is 12.6 Å². The van der Waals surface area contributed by atoms with Crippen molar-refractivity contribution in [3.05, 3.63) is 47.8 Å². The Labute approximate surface area is 191 Å². The van der Waals surface area contributed by atoms with Gasteiger partial charge in [0.2, 0.25) is 5.91 Å². The third-order valence-electron chi connectivity index (χ3n) is 7.54. The number of aromatic nitrogens is 3. The lowest BCUT2D eigenvalue weighted by Crippen LogP contribution is -2.52. The molecule has 0 radical (unpaired) electrons. The minimum Gasteiger partial charge on any atom is -0.480 e. The quantitative estimate of drug-likeness (QED) is 0.561. The van der Waals surface area contributed by atoms with E-state index in [0.29, 0.717) is 0 Å². The van der Waals surface area contributed by atoms with Crippen molar-refractivity contribution in [2.24, 2.45) is 17.8 Å². The minimum atomic E-state index is -1.15. The molecule has 33 heavy (non-hydrogen) atoms. The average Bonchev–Trinajstić information content (AvgIpc) is 3.28.